The first-order valence-electron chi connectivity index (χ1n) is 6.95. The first kappa shape index (κ1) is 18.2. The van der Waals surface area contributed by atoms with Crippen LogP contribution in [0.1, 0.15) is 25.3 Å². The molecular formula is C15H22Cl2N2O2. The van der Waals surface area contributed by atoms with Crippen molar-refractivity contribution in [1.82, 2.24) is 4.90 Å². The van der Waals surface area contributed by atoms with E-state index in [1.807, 2.05) is 31.2 Å². The Hall–Kier alpha value is -0.810. The predicted octanol–water partition coefficient (Wildman–Crippen LogP) is 2.62. The number of carbonyl (C=O) groups is 1. The summed E-state index contributed by atoms with van der Waals surface area (Å²) in [5.41, 5.74) is 6.54. The van der Waals surface area contributed by atoms with Crippen LogP contribution in [0.3, 0.4) is 0 Å². The number of hydrogen-bond acceptors (Lipinski definition) is 3. The fraction of sp³-hybridized carbons (Fsp3) is 0.533. The lowest BCUT2D eigenvalue weighted by Gasteiger charge is -2.36. The number of benzene rings is 1. The number of ether oxygens (including phenoxy) is 1. The predicted molar refractivity (Wildman–Crippen MR) is 86.8 cm³/mol. The Balaban J connectivity index is 0.00000220. The van der Waals surface area contributed by atoms with Crippen molar-refractivity contribution < 1.29 is 9.53 Å². The van der Waals surface area contributed by atoms with Gasteiger partial charge in [0.15, 0.2) is 0 Å². The summed E-state index contributed by atoms with van der Waals surface area (Å²) < 4.78 is 5.29. The average Bonchev–Trinajstić information content (AvgIpc) is 2.47. The second-order valence-corrected chi connectivity index (χ2v) is 5.65. The molecule has 0 aromatic heterocycles. The minimum atomic E-state index is -0.777. The molecule has 0 bridgehead atoms. The standard InChI is InChI=1S/C15H21ClN2O2.ClH/c1-2-18(11-12-3-5-13(16)6-4-12)14(19)15(17)7-9-20-10-8-15;/h3-6H,2,7-11,17H2,1H3;1H. The lowest BCUT2D eigenvalue weighted by molar-refractivity contribution is -0.141. The van der Waals surface area contributed by atoms with Crippen LogP contribution in [0, 0.1) is 0 Å². The highest BCUT2D eigenvalue weighted by Crippen LogP contribution is 2.22. The summed E-state index contributed by atoms with van der Waals surface area (Å²) in [5, 5.41) is 0.697. The molecule has 0 spiro atoms. The Bertz CT molecular complexity index is 459. The van der Waals surface area contributed by atoms with Crippen LogP contribution in [-0.2, 0) is 16.1 Å². The number of hydrogen-bond donors (Lipinski definition) is 1. The van der Waals surface area contributed by atoms with Crippen molar-refractivity contribution in [2.24, 2.45) is 5.73 Å². The second-order valence-electron chi connectivity index (χ2n) is 5.21. The van der Waals surface area contributed by atoms with Crippen molar-refractivity contribution in [3.8, 4) is 0 Å². The van der Waals surface area contributed by atoms with Gasteiger partial charge in [-0.3, -0.25) is 4.79 Å². The third kappa shape index (κ3) is 4.58. The number of rotatable bonds is 4. The van der Waals surface area contributed by atoms with Gasteiger partial charge < -0.3 is 15.4 Å². The quantitative estimate of drug-likeness (QED) is 0.922. The summed E-state index contributed by atoms with van der Waals surface area (Å²) in [5.74, 6) is 0.0123. The largest absolute Gasteiger partial charge is 0.381 e. The van der Waals surface area contributed by atoms with E-state index >= 15 is 0 Å². The Labute approximate surface area is 137 Å². The third-order valence-corrected chi connectivity index (χ3v) is 4.02. The summed E-state index contributed by atoms with van der Waals surface area (Å²) in [6, 6.07) is 7.54. The first-order chi connectivity index (χ1) is 9.55. The third-order valence-electron chi connectivity index (χ3n) is 3.77. The molecule has 0 saturated carbocycles. The topological polar surface area (TPSA) is 55.6 Å². The number of nitrogens with zero attached hydrogens (tertiary/aromatic N) is 1. The Morgan fingerprint density at radius 1 is 1.33 bits per heavy atom. The summed E-state index contributed by atoms with van der Waals surface area (Å²) >= 11 is 5.87. The lowest BCUT2D eigenvalue weighted by Crippen LogP contribution is -2.57. The maximum absolute atomic E-state index is 12.6. The van der Waals surface area contributed by atoms with Gasteiger partial charge in [0.2, 0.25) is 5.91 Å². The van der Waals surface area contributed by atoms with Crippen LogP contribution >= 0.6 is 24.0 Å². The van der Waals surface area contributed by atoms with E-state index in [0.717, 1.165) is 5.56 Å². The van der Waals surface area contributed by atoms with Gasteiger partial charge >= 0.3 is 0 Å². The number of amides is 1. The van der Waals surface area contributed by atoms with Gasteiger partial charge in [0.1, 0.15) is 0 Å². The molecule has 0 unspecified atom stereocenters. The molecule has 1 fully saturated rings. The van der Waals surface area contributed by atoms with Gasteiger partial charge in [-0.15, -0.1) is 12.4 Å². The lowest BCUT2D eigenvalue weighted by atomic mass is 9.89. The molecule has 118 valence electrons. The van der Waals surface area contributed by atoms with E-state index in [-0.39, 0.29) is 18.3 Å². The van der Waals surface area contributed by atoms with Crippen molar-refractivity contribution >= 4 is 29.9 Å². The Morgan fingerprint density at radius 2 is 1.90 bits per heavy atom. The molecule has 1 heterocycles. The fourth-order valence-electron chi connectivity index (χ4n) is 2.40. The van der Waals surface area contributed by atoms with E-state index in [9.17, 15) is 4.79 Å². The summed E-state index contributed by atoms with van der Waals surface area (Å²) in [6.45, 7) is 4.28. The molecule has 0 atom stereocenters. The Kier molecular flexibility index (Phi) is 6.94. The molecule has 2 N–H and O–H groups in total. The molecule has 1 aliphatic heterocycles. The molecular weight excluding hydrogens is 311 g/mol. The second kappa shape index (κ2) is 7.99. The normalized spacial score (nSPS) is 16.9. The van der Waals surface area contributed by atoms with Crippen molar-refractivity contribution in [2.75, 3.05) is 19.8 Å². The van der Waals surface area contributed by atoms with E-state index in [4.69, 9.17) is 22.1 Å². The van der Waals surface area contributed by atoms with E-state index in [0.29, 0.717) is 44.2 Å². The zero-order chi connectivity index (χ0) is 14.6. The highest BCUT2D eigenvalue weighted by Gasteiger charge is 2.38. The maximum atomic E-state index is 12.6. The molecule has 1 aromatic carbocycles. The van der Waals surface area contributed by atoms with E-state index < -0.39 is 5.54 Å². The molecule has 0 radical (unpaired) electrons. The van der Waals surface area contributed by atoms with Crippen LogP contribution in [0.4, 0.5) is 0 Å². The number of carbonyl (C=O) groups excluding carboxylic acids is 1. The van der Waals surface area contributed by atoms with Crippen LogP contribution in [0.2, 0.25) is 5.02 Å². The average molecular weight is 333 g/mol. The molecule has 6 heteroatoms. The van der Waals surface area contributed by atoms with Gasteiger partial charge in [0, 0.05) is 31.3 Å². The van der Waals surface area contributed by atoms with Gasteiger partial charge in [-0.1, -0.05) is 23.7 Å². The van der Waals surface area contributed by atoms with E-state index in [1.54, 1.807) is 4.90 Å². The van der Waals surface area contributed by atoms with Crippen LogP contribution < -0.4 is 5.73 Å². The number of likely N-dealkylation sites (N-methyl/N-ethyl adjacent to an activating group) is 1. The van der Waals surface area contributed by atoms with Gasteiger partial charge in [-0.25, -0.2) is 0 Å². The zero-order valence-corrected chi connectivity index (χ0v) is 13.8. The molecule has 1 amide bonds. The molecule has 1 aliphatic rings. The molecule has 4 nitrogen and oxygen atoms in total. The summed E-state index contributed by atoms with van der Waals surface area (Å²) in [4.78, 5) is 14.4. The van der Waals surface area contributed by atoms with Crippen LogP contribution in [-0.4, -0.2) is 36.1 Å². The SMILES string of the molecule is CCN(Cc1ccc(Cl)cc1)C(=O)C1(N)CCOCC1.Cl. The number of nitrogens with two attached hydrogens (primary N) is 1. The fourth-order valence-corrected chi connectivity index (χ4v) is 2.53. The molecule has 1 saturated heterocycles. The van der Waals surface area contributed by atoms with E-state index in [2.05, 4.69) is 0 Å². The number of halogens is 2. The smallest absolute Gasteiger partial charge is 0.243 e. The summed E-state index contributed by atoms with van der Waals surface area (Å²) in [6.07, 6.45) is 1.17. The van der Waals surface area contributed by atoms with Crippen molar-refractivity contribution in [3.63, 3.8) is 0 Å². The van der Waals surface area contributed by atoms with Crippen LogP contribution in [0.25, 0.3) is 0 Å². The van der Waals surface area contributed by atoms with Gasteiger partial charge in [0.25, 0.3) is 0 Å². The Morgan fingerprint density at radius 3 is 2.43 bits per heavy atom. The monoisotopic (exact) mass is 332 g/mol. The minimum Gasteiger partial charge on any atom is -0.381 e. The van der Waals surface area contributed by atoms with Gasteiger partial charge in [0.05, 0.1) is 5.54 Å². The van der Waals surface area contributed by atoms with Crippen molar-refractivity contribution in [2.45, 2.75) is 31.8 Å². The first-order valence-corrected chi connectivity index (χ1v) is 7.33. The minimum absolute atomic E-state index is 0. The van der Waals surface area contributed by atoms with Gasteiger partial charge in [-0.2, -0.15) is 0 Å². The summed E-state index contributed by atoms with van der Waals surface area (Å²) in [7, 11) is 0. The van der Waals surface area contributed by atoms with Crippen LogP contribution in [0.15, 0.2) is 24.3 Å². The molecule has 0 aliphatic carbocycles. The van der Waals surface area contributed by atoms with Gasteiger partial charge in [-0.05, 0) is 37.5 Å². The van der Waals surface area contributed by atoms with Crippen molar-refractivity contribution in [1.29, 1.82) is 0 Å². The molecule has 1 aromatic rings. The van der Waals surface area contributed by atoms with E-state index in [1.165, 1.54) is 0 Å². The highest BCUT2D eigenvalue weighted by atomic mass is 35.5. The highest BCUT2D eigenvalue weighted by molar-refractivity contribution is 6.30. The molecule has 21 heavy (non-hydrogen) atoms. The maximum Gasteiger partial charge on any atom is 0.243 e. The van der Waals surface area contributed by atoms with Crippen molar-refractivity contribution in [3.05, 3.63) is 34.9 Å². The molecule has 2 rings (SSSR count). The van der Waals surface area contributed by atoms with Crippen LogP contribution in [0.5, 0.6) is 0 Å². The zero-order valence-electron chi connectivity index (χ0n) is 12.2.